The third kappa shape index (κ3) is 7.94. The van der Waals surface area contributed by atoms with Crippen LogP contribution in [0.25, 0.3) is 0 Å². The molecule has 1 aliphatic rings. The van der Waals surface area contributed by atoms with Gasteiger partial charge in [0.05, 0.1) is 6.04 Å². The second kappa shape index (κ2) is 8.74. The van der Waals surface area contributed by atoms with E-state index >= 15 is 0 Å². The Bertz CT molecular complexity index is 454. The first-order valence-corrected chi connectivity index (χ1v) is 9.10. The lowest BCUT2D eigenvalue weighted by Gasteiger charge is -2.43. The van der Waals surface area contributed by atoms with Crippen LogP contribution in [0.2, 0.25) is 0 Å². The van der Waals surface area contributed by atoms with Gasteiger partial charge in [0, 0.05) is 19.6 Å². The van der Waals surface area contributed by atoms with Crippen molar-refractivity contribution in [2.24, 2.45) is 5.73 Å². The topological polar surface area (TPSA) is 85.1 Å². The normalized spacial score (nSPS) is 17.7. The summed E-state index contributed by atoms with van der Waals surface area (Å²) in [4.78, 5) is 28.1. The molecule has 1 fully saturated rings. The molecule has 7 heteroatoms. The molecule has 0 radical (unpaired) electrons. The first-order chi connectivity index (χ1) is 11.4. The molecule has 146 valence electrons. The molecule has 7 nitrogen and oxygen atoms in total. The van der Waals surface area contributed by atoms with Gasteiger partial charge in [0.2, 0.25) is 0 Å². The molecule has 1 heterocycles. The predicted molar refractivity (Wildman–Crippen MR) is 97.4 cm³/mol. The fourth-order valence-electron chi connectivity index (χ4n) is 2.48. The smallest absolute Gasteiger partial charge is 0.410 e. The van der Waals surface area contributed by atoms with Gasteiger partial charge in [0.1, 0.15) is 11.2 Å². The fourth-order valence-corrected chi connectivity index (χ4v) is 2.48. The highest BCUT2D eigenvalue weighted by molar-refractivity contribution is 5.70. The van der Waals surface area contributed by atoms with Gasteiger partial charge in [-0.05, 0) is 67.3 Å². The standard InChI is InChI=1S/C18H35N3O4/c1-17(2,3)24-15(22)20(11-8-7-10-19)13-14-9-12-21(14)16(23)25-18(4,5)6/h14H,7-13,19H2,1-6H3/t14-/m0/s1. The zero-order valence-electron chi connectivity index (χ0n) is 16.6. The predicted octanol–water partition coefficient (Wildman–Crippen LogP) is 2.97. The van der Waals surface area contributed by atoms with Crippen LogP contribution in [0.4, 0.5) is 9.59 Å². The highest BCUT2D eigenvalue weighted by Gasteiger charge is 2.37. The van der Waals surface area contributed by atoms with Crippen molar-refractivity contribution in [3.8, 4) is 0 Å². The molecular weight excluding hydrogens is 322 g/mol. The Morgan fingerprint density at radius 2 is 1.68 bits per heavy atom. The minimum absolute atomic E-state index is 0.0276. The van der Waals surface area contributed by atoms with Crippen LogP contribution in [-0.4, -0.2) is 65.4 Å². The van der Waals surface area contributed by atoms with Crippen molar-refractivity contribution in [1.29, 1.82) is 0 Å². The summed E-state index contributed by atoms with van der Waals surface area (Å²) in [6, 6.07) is -0.0276. The van der Waals surface area contributed by atoms with Crippen LogP contribution in [-0.2, 0) is 9.47 Å². The van der Waals surface area contributed by atoms with Gasteiger partial charge in [-0.3, -0.25) is 0 Å². The van der Waals surface area contributed by atoms with Crippen molar-refractivity contribution in [3.05, 3.63) is 0 Å². The third-order valence-electron chi connectivity index (χ3n) is 3.74. The molecule has 1 rings (SSSR count). The molecule has 0 spiro atoms. The maximum absolute atomic E-state index is 12.5. The number of amides is 2. The summed E-state index contributed by atoms with van der Waals surface area (Å²) in [7, 11) is 0. The molecule has 1 aliphatic heterocycles. The molecule has 0 aliphatic carbocycles. The Hall–Kier alpha value is -1.50. The molecule has 1 saturated heterocycles. The second-order valence-electron chi connectivity index (χ2n) is 8.54. The molecule has 0 aromatic rings. The number of hydrogen-bond acceptors (Lipinski definition) is 5. The number of carbonyl (C=O) groups is 2. The van der Waals surface area contributed by atoms with E-state index < -0.39 is 11.2 Å². The van der Waals surface area contributed by atoms with Gasteiger partial charge < -0.3 is 25.0 Å². The molecule has 0 unspecified atom stereocenters. The van der Waals surface area contributed by atoms with Gasteiger partial charge in [-0.15, -0.1) is 0 Å². The van der Waals surface area contributed by atoms with Gasteiger partial charge in [-0.1, -0.05) is 0 Å². The number of hydrogen-bond donors (Lipinski definition) is 1. The zero-order valence-corrected chi connectivity index (χ0v) is 16.6. The van der Waals surface area contributed by atoms with E-state index in [1.165, 1.54) is 0 Å². The van der Waals surface area contributed by atoms with Gasteiger partial charge in [-0.2, -0.15) is 0 Å². The van der Waals surface area contributed by atoms with E-state index in [1.807, 2.05) is 41.5 Å². The lowest BCUT2D eigenvalue weighted by molar-refractivity contribution is -0.0184. The van der Waals surface area contributed by atoms with Crippen LogP contribution in [0.5, 0.6) is 0 Å². The van der Waals surface area contributed by atoms with Crippen LogP contribution in [0.3, 0.4) is 0 Å². The van der Waals surface area contributed by atoms with Crippen LogP contribution in [0, 0.1) is 0 Å². The average Bonchev–Trinajstić information content (AvgIpc) is 2.36. The van der Waals surface area contributed by atoms with E-state index in [9.17, 15) is 9.59 Å². The number of nitrogens with zero attached hydrogens (tertiary/aromatic N) is 2. The Balaban J connectivity index is 2.66. The number of carbonyl (C=O) groups excluding carboxylic acids is 2. The molecule has 0 bridgehead atoms. The van der Waals surface area contributed by atoms with Crippen LogP contribution in [0.1, 0.15) is 60.8 Å². The first-order valence-electron chi connectivity index (χ1n) is 9.10. The van der Waals surface area contributed by atoms with E-state index in [1.54, 1.807) is 9.80 Å². The average molecular weight is 357 g/mol. The number of rotatable bonds is 6. The molecule has 0 aromatic heterocycles. The van der Waals surface area contributed by atoms with Crippen LogP contribution in [0.15, 0.2) is 0 Å². The van der Waals surface area contributed by atoms with Crippen LogP contribution >= 0.6 is 0 Å². The molecule has 0 saturated carbocycles. The van der Waals surface area contributed by atoms with Crippen LogP contribution < -0.4 is 5.73 Å². The fraction of sp³-hybridized carbons (Fsp3) is 0.889. The Morgan fingerprint density at radius 1 is 1.08 bits per heavy atom. The first kappa shape index (κ1) is 21.5. The maximum atomic E-state index is 12.5. The molecule has 0 aromatic carbocycles. The van der Waals surface area contributed by atoms with E-state index in [2.05, 4.69) is 0 Å². The van der Waals surface area contributed by atoms with Crippen molar-refractivity contribution in [2.75, 3.05) is 26.2 Å². The van der Waals surface area contributed by atoms with E-state index in [0.717, 1.165) is 19.3 Å². The minimum atomic E-state index is -0.548. The number of likely N-dealkylation sites (tertiary alicyclic amines) is 1. The highest BCUT2D eigenvalue weighted by atomic mass is 16.6. The van der Waals surface area contributed by atoms with Crippen molar-refractivity contribution < 1.29 is 19.1 Å². The Labute approximate surface area is 151 Å². The van der Waals surface area contributed by atoms with Gasteiger partial charge >= 0.3 is 12.2 Å². The molecule has 1 atom stereocenters. The van der Waals surface area contributed by atoms with E-state index in [-0.39, 0.29) is 18.2 Å². The summed E-state index contributed by atoms with van der Waals surface area (Å²) in [5.41, 5.74) is 4.48. The number of ether oxygens (including phenoxy) is 2. The van der Waals surface area contributed by atoms with Gasteiger partial charge in [0.15, 0.2) is 0 Å². The van der Waals surface area contributed by atoms with Gasteiger partial charge in [-0.25, -0.2) is 9.59 Å². The SMILES string of the molecule is CC(C)(C)OC(=O)N(CCCCN)C[C@@H]1CCN1C(=O)OC(C)(C)C. The van der Waals surface area contributed by atoms with E-state index in [0.29, 0.717) is 26.2 Å². The van der Waals surface area contributed by atoms with Crippen molar-refractivity contribution in [2.45, 2.75) is 78.0 Å². The second-order valence-corrected chi connectivity index (χ2v) is 8.54. The quantitative estimate of drug-likeness (QED) is 0.739. The third-order valence-corrected chi connectivity index (χ3v) is 3.74. The molecule has 25 heavy (non-hydrogen) atoms. The maximum Gasteiger partial charge on any atom is 0.410 e. The van der Waals surface area contributed by atoms with Gasteiger partial charge in [0.25, 0.3) is 0 Å². The summed E-state index contributed by atoms with van der Waals surface area (Å²) < 4.78 is 10.9. The van der Waals surface area contributed by atoms with Crippen molar-refractivity contribution in [3.63, 3.8) is 0 Å². The molecule has 2 N–H and O–H groups in total. The number of nitrogens with two attached hydrogens (primary N) is 1. The van der Waals surface area contributed by atoms with E-state index in [4.69, 9.17) is 15.2 Å². The summed E-state index contributed by atoms with van der Waals surface area (Å²) >= 11 is 0. The number of unbranched alkanes of at least 4 members (excludes halogenated alkanes) is 1. The summed E-state index contributed by atoms with van der Waals surface area (Å²) in [6.07, 6.45) is 1.85. The summed E-state index contributed by atoms with van der Waals surface area (Å²) in [6.45, 7) is 13.4. The minimum Gasteiger partial charge on any atom is -0.444 e. The summed E-state index contributed by atoms with van der Waals surface area (Å²) in [5, 5.41) is 0. The molecular formula is C18H35N3O4. The Morgan fingerprint density at radius 3 is 2.12 bits per heavy atom. The van der Waals surface area contributed by atoms with Crippen molar-refractivity contribution >= 4 is 12.2 Å². The monoisotopic (exact) mass is 357 g/mol. The summed E-state index contributed by atoms with van der Waals surface area (Å²) in [5.74, 6) is 0. The van der Waals surface area contributed by atoms with Crippen molar-refractivity contribution in [1.82, 2.24) is 9.80 Å². The largest absolute Gasteiger partial charge is 0.444 e. The lowest BCUT2D eigenvalue weighted by Crippen LogP contribution is -2.58. The highest BCUT2D eigenvalue weighted by Crippen LogP contribution is 2.23. The Kier molecular flexibility index (Phi) is 7.53. The lowest BCUT2D eigenvalue weighted by atomic mass is 10.0. The molecule has 2 amide bonds. The zero-order chi connectivity index (χ0) is 19.3.